The normalized spacial score (nSPS) is 11.7. The molecule has 1 unspecified atom stereocenters. The Balaban J connectivity index is 2.37. The van der Waals surface area contributed by atoms with Crippen LogP contribution in [0.5, 0.6) is 11.5 Å². The number of esters is 1. The van der Waals surface area contributed by atoms with Crippen molar-refractivity contribution in [2.45, 2.75) is 20.3 Å². The summed E-state index contributed by atoms with van der Waals surface area (Å²) in [5.41, 5.74) is 0.216. The number of benzene rings is 1. The number of nitrogens with one attached hydrogen (secondary N) is 1. The zero-order valence-electron chi connectivity index (χ0n) is 11.5. The Morgan fingerprint density at radius 3 is 2.60 bits per heavy atom. The molecule has 0 aliphatic heterocycles. The Hall–Kier alpha value is -2.24. The SMILES string of the molecule is CCC(C)C(=O)OCCNC(=O)c1ccc(O)c(O)c1. The van der Waals surface area contributed by atoms with Crippen LogP contribution in [0.3, 0.4) is 0 Å². The number of hydrogen-bond acceptors (Lipinski definition) is 5. The van der Waals surface area contributed by atoms with Gasteiger partial charge in [0, 0.05) is 5.56 Å². The summed E-state index contributed by atoms with van der Waals surface area (Å²) in [6.45, 7) is 3.95. The maximum absolute atomic E-state index is 11.7. The largest absolute Gasteiger partial charge is 0.504 e. The maximum Gasteiger partial charge on any atom is 0.308 e. The van der Waals surface area contributed by atoms with Crippen LogP contribution in [0, 0.1) is 5.92 Å². The molecule has 1 rings (SSSR count). The Morgan fingerprint density at radius 2 is 2.00 bits per heavy atom. The van der Waals surface area contributed by atoms with Gasteiger partial charge in [0.25, 0.3) is 5.91 Å². The van der Waals surface area contributed by atoms with Crippen LogP contribution in [-0.4, -0.2) is 35.2 Å². The molecule has 0 radical (unpaired) electrons. The van der Waals surface area contributed by atoms with Crippen molar-refractivity contribution in [3.05, 3.63) is 23.8 Å². The van der Waals surface area contributed by atoms with E-state index >= 15 is 0 Å². The summed E-state index contributed by atoms with van der Waals surface area (Å²) < 4.78 is 4.98. The minimum Gasteiger partial charge on any atom is -0.504 e. The van der Waals surface area contributed by atoms with Crippen LogP contribution >= 0.6 is 0 Å². The van der Waals surface area contributed by atoms with Gasteiger partial charge in [-0.3, -0.25) is 9.59 Å². The second-order valence-corrected chi connectivity index (χ2v) is 4.44. The molecule has 0 aromatic heterocycles. The Bertz CT molecular complexity index is 486. The molecule has 3 N–H and O–H groups in total. The van der Waals surface area contributed by atoms with Gasteiger partial charge in [-0.1, -0.05) is 13.8 Å². The van der Waals surface area contributed by atoms with Gasteiger partial charge in [0.2, 0.25) is 0 Å². The number of phenols is 2. The molecule has 6 nitrogen and oxygen atoms in total. The quantitative estimate of drug-likeness (QED) is 0.416. The zero-order chi connectivity index (χ0) is 15.1. The van der Waals surface area contributed by atoms with Crippen molar-refractivity contribution in [1.29, 1.82) is 0 Å². The summed E-state index contributed by atoms with van der Waals surface area (Å²) in [4.78, 5) is 23.1. The molecule has 1 aromatic rings. The number of aromatic hydroxyl groups is 2. The molecule has 0 spiro atoms. The first kappa shape index (κ1) is 15.8. The number of ether oxygens (including phenoxy) is 1. The van der Waals surface area contributed by atoms with Crippen LogP contribution in [0.2, 0.25) is 0 Å². The highest BCUT2D eigenvalue weighted by Gasteiger charge is 2.12. The highest BCUT2D eigenvalue weighted by molar-refractivity contribution is 5.94. The molecule has 0 aliphatic carbocycles. The second-order valence-electron chi connectivity index (χ2n) is 4.44. The van der Waals surface area contributed by atoms with Gasteiger partial charge in [-0.15, -0.1) is 0 Å². The monoisotopic (exact) mass is 281 g/mol. The predicted molar refractivity (Wildman–Crippen MR) is 72.5 cm³/mol. The van der Waals surface area contributed by atoms with Crippen LogP contribution < -0.4 is 5.32 Å². The van der Waals surface area contributed by atoms with E-state index in [1.807, 2.05) is 6.92 Å². The van der Waals surface area contributed by atoms with Crippen LogP contribution in [-0.2, 0) is 9.53 Å². The molecule has 6 heteroatoms. The summed E-state index contributed by atoms with van der Waals surface area (Å²) in [7, 11) is 0. The lowest BCUT2D eigenvalue weighted by Gasteiger charge is -2.10. The van der Waals surface area contributed by atoms with Crippen molar-refractivity contribution in [2.24, 2.45) is 5.92 Å². The molecule has 0 heterocycles. The van der Waals surface area contributed by atoms with Gasteiger partial charge < -0.3 is 20.3 Å². The third-order valence-electron chi connectivity index (χ3n) is 2.88. The van der Waals surface area contributed by atoms with Gasteiger partial charge in [-0.25, -0.2) is 0 Å². The van der Waals surface area contributed by atoms with Gasteiger partial charge in [-0.2, -0.15) is 0 Å². The third kappa shape index (κ3) is 4.46. The lowest BCUT2D eigenvalue weighted by molar-refractivity contribution is -0.147. The van der Waals surface area contributed by atoms with E-state index in [1.54, 1.807) is 6.92 Å². The first-order valence-electron chi connectivity index (χ1n) is 6.42. The highest BCUT2D eigenvalue weighted by Crippen LogP contribution is 2.24. The van der Waals surface area contributed by atoms with Gasteiger partial charge in [0.05, 0.1) is 12.5 Å². The predicted octanol–water partition coefficient (Wildman–Crippen LogP) is 1.42. The van der Waals surface area contributed by atoms with E-state index in [2.05, 4.69) is 5.32 Å². The molecular formula is C14H19NO5. The number of carbonyl (C=O) groups excluding carboxylic acids is 2. The fourth-order valence-electron chi connectivity index (χ4n) is 1.39. The molecule has 0 saturated heterocycles. The number of phenolic OH excluding ortho intramolecular Hbond substituents is 2. The highest BCUT2D eigenvalue weighted by atomic mass is 16.5. The zero-order valence-corrected chi connectivity index (χ0v) is 11.5. The Kier molecular flexibility index (Phi) is 5.83. The van der Waals surface area contributed by atoms with E-state index < -0.39 is 5.91 Å². The van der Waals surface area contributed by atoms with Crippen LogP contribution in [0.15, 0.2) is 18.2 Å². The number of amides is 1. The number of carbonyl (C=O) groups is 2. The van der Waals surface area contributed by atoms with Gasteiger partial charge in [0.1, 0.15) is 6.61 Å². The molecule has 0 saturated carbocycles. The summed E-state index contributed by atoms with van der Waals surface area (Å²) in [5.74, 6) is -1.51. The Labute approximate surface area is 117 Å². The van der Waals surface area contributed by atoms with Gasteiger partial charge >= 0.3 is 5.97 Å². The summed E-state index contributed by atoms with van der Waals surface area (Å²) in [6, 6.07) is 3.78. The van der Waals surface area contributed by atoms with Crippen molar-refractivity contribution < 1.29 is 24.5 Å². The van der Waals surface area contributed by atoms with E-state index in [4.69, 9.17) is 9.84 Å². The number of rotatable bonds is 6. The van der Waals surface area contributed by atoms with Crippen LogP contribution in [0.4, 0.5) is 0 Å². The standard InChI is InChI=1S/C14H19NO5/c1-3-9(2)14(19)20-7-6-15-13(18)10-4-5-11(16)12(17)8-10/h4-5,8-9,16-17H,3,6-7H2,1-2H3,(H,15,18). The second kappa shape index (κ2) is 7.37. The summed E-state index contributed by atoms with van der Waals surface area (Å²) >= 11 is 0. The van der Waals surface area contributed by atoms with E-state index in [-0.39, 0.29) is 42.1 Å². The lowest BCUT2D eigenvalue weighted by atomic mass is 10.1. The fraction of sp³-hybridized carbons (Fsp3) is 0.429. The fourth-order valence-corrected chi connectivity index (χ4v) is 1.39. The van der Waals surface area contributed by atoms with E-state index in [1.165, 1.54) is 12.1 Å². The van der Waals surface area contributed by atoms with Gasteiger partial charge in [-0.05, 0) is 24.6 Å². The average molecular weight is 281 g/mol. The van der Waals surface area contributed by atoms with Crippen LogP contribution in [0.25, 0.3) is 0 Å². The van der Waals surface area contributed by atoms with E-state index in [0.29, 0.717) is 6.42 Å². The molecule has 0 aliphatic rings. The summed E-state index contributed by atoms with van der Waals surface area (Å²) in [5, 5.41) is 21.0. The van der Waals surface area contributed by atoms with Gasteiger partial charge in [0.15, 0.2) is 11.5 Å². The van der Waals surface area contributed by atoms with Crippen molar-refractivity contribution >= 4 is 11.9 Å². The average Bonchev–Trinajstić information content (AvgIpc) is 2.44. The topological polar surface area (TPSA) is 95.9 Å². The van der Waals surface area contributed by atoms with Crippen molar-refractivity contribution in [3.63, 3.8) is 0 Å². The molecule has 1 atom stereocenters. The first-order chi connectivity index (χ1) is 9.45. The summed E-state index contributed by atoms with van der Waals surface area (Å²) in [6.07, 6.45) is 0.706. The van der Waals surface area contributed by atoms with Crippen molar-refractivity contribution in [2.75, 3.05) is 13.2 Å². The smallest absolute Gasteiger partial charge is 0.308 e. The van der Waals surface area contributed by atoms with E-state index in [9.17, 15) is 14.7 Å². The molecule has 0 bridgehead atoms. The molecule has 1 aromatic carbocycles. The Morgan fingerprint density at radius 1 is 1.30 bits per heavy atom. The first-order valence-corrected chi connectivity index (χ1v) is 6.42. The minimum atomic E-state index is -0.417. The number of hydrogen-bond donors (Lipinski definition) is 3. The molecular weight excluding hydrogens is 262 g/mol. The lowest BCUT2D eigenvalue weighted by Crippen LogP contribution is -2.28. The van der Waals surface area contributed by atoms with E-state index in [0.717, 1.165) is 6.07 Å². The molecule has 0 fully saturated rings. The molecule has 110 valence electrons. The van der Waals surface area contributed by atoms with Crippen molar-refractivity contribution in [3.8, 4) is 11.5 Å². The molecule has 1 amide bonds. The van der Waals surface area contributed by atoms with Crippen molar-refractivity contribution in [1.82, 2.24) is 5.32 Å². The third-order valence-corrected chi connectivity index (χ3v) is 2.88. The maximum atomic E-state index is 11.7. The molecule has 20 heavy (non-hydrogen) atoms. The van der Waals surface area contributed by atoms with Crippen LogP contribution in [0.1, 0.15) is 30.6 Å². The minimum absolute atomic E-state index is 0.0962.